The summed E-state index contributed by atoms with van der Waals surface area (Å²) in [5, 5.41) is 6.78. The number of carbonyl (C=O) groups is 1. The van der Waals surface area contributed by atoms with Gasteiger partial charge in [0, 0.05) is 45.7 Å². The van der Waals surface area contributed by atoms with Crippen molar-refractivity contribution in [3.05, 3.63) is 0 Å². The zero-order valence-corrected chi connectivity index (χ0v) is 16.9. The van der Waals surface area contributed by atoms with E-state index in [2.05, 4.69) is 29.4 Å². The highest BCUT2D eigenvalue weighted by atomic mass is 16.2. The molecule has 1 atom stereocenters. The minimum absolute atomic E-state index is 0.334. The fourth-order valence-electron chi connectivity index (χ4n) is 3.90. The smallest absolute Gasteiger partial charge is 0.222 e. The third kappa shape index (κ3) is 7.52. The summed E-state index contributed by atoms with van der Waals surface area (Å²) >= 11 is 0. The fourth-order valence-corrected chi connectivity index (χ4v) is 3.90. The first-order chi connectivity index (χ1) is 12.7. The highest BCUT2D eigenvalue weighted by molar-refractivity contribution is 5.79. The lowest BCUT2D eigenvalue weighted by molar-refractivity contribution is -0.130. The van der Waals surface area contributed by atoms with Gasteiger partial charge in [-0.15, -0.1) is 0 Å². The number of rotatable bonds is 9. The van der Waals surface area contributed by atoms with E-state index < -0.39 is 0 Å². The van der Waals surface area contributed by atoms with E-state index in [1.807, 2.05) is 4.90 Å². The van der Waals surface area contributed by atoms with Crippen molar-refractivity contribution in [1.82, 2.24) is 20.4 Å². The Morgan fingerprint density at radius 2 is 2.04 bits per heavy atom. The molecular formula is C20H39N5O. The molecule has 2 aliphatic rings. The highest BCUT2D eigenvalue weighted by Crippen LogP contribution is 2.16. The van der Waals surface area contributed by atoms with Gasteiger partial charge in [0.15, 0.2) is 5.96 Å². The van der Waals surface area contributed by atoms with Crippen LogP contribution in [0.5, 0.6) is 0 Å². The van der Waals surface area contributed by atoms with Gasteiger partial charge in [0.25, 0.3) is 0 Å². The van der Waals surface area contributed by atoms with Gasteiger partial charge < -0.3 is 20.4 Å². The number of carbonyl (C=O) groups excluding carboxylic acids is 1. The van der Waals surface area contributed by atoms with Crippen LogP contribution in [0, 0.1) is 5.92 Å². The summed E-state index contributed by atoms with van der Waals surface area (Å²) in [7, 11) is 0. The minimum Gasteiger partial charge on any atom is -0.357 e. The second kappa shape index (κ2) is 12.2. The van der Waals surface area contributed by atoms with Crippen molar-refractivity contribution >= 4 is 11.9 Å². The third-order valence-electron chi connectivity index (χ3n) is 5.33. The lowest BCUT2D eigenvalue weighted by Gasteiger charge is -2.21. The van der Waals surface area contributed by atoms with Gasteiger partial charge >= 0.3 is 0 Å². The number of likely N-dealkylation sites (tertiary alicyclic amines) is 2. The summed E-state index contributed by atoms with van der Waals surface area (Å²) in [5.41, 5.74) is 0. The summed E-state index contributed by atoms with van der Waals surface area (Å²) in [5.74, 6) is 1.94. The predicted molar refractivity (Wildman–Crippen MR) is 108 cm³/mol. The van der Waals surface area contributed by atoms with E-state index in [1.165, 1.54) is 38.9 Å². The van der Waals surface area contributed by atoms with Crippen LogP contribution in [-0.2, 0) is 4.79 Å². The molecule has 6 heteroatoms. The summed E-state index contributed by atoms with van der Waals surface area (Å²) < 4.78 is 0. The number of guanidine groups is 1. The summed E-state index contributed by atoms with van der Waals surface area (Å²) in [6.45, 7) is 12.4. The number of nitrogens with one attached hydrogen (secondary N) is 2. The molecule has 6 nitrogen and oxygen atoms in total. The summed E-state index contributed by atoms with van der Waals surface area (Å²) in [4.78, 5) is 21.4. The molecule has 2 saturated heterocycles. The Balaban J connectivity index is 1.67. The molecular weight excluding hydrogens is 326 g/mol. The van der Waals surface area contributed by atoms with Crippen LogP contribution in [0.3, 0.4) is 0 Å². The van der Waals surface area contributed by atoms with Crippen molar-refractivity contribution < 1.29 is 4.79 Å². The molecule has 0 radical (unpaired) electrons. The van der Waals surface area contributed by atoms with Crippen LogP contribution in [-0.4, -0.2) is 74.0 Å². The molecule has 0 aromatic carbocycles. The van der Waals surface area contributed by atoms with E-state index in [9.17, 15) is 4.79 Å². The lowest BCUT2D eigenvalue weighted by Crippen LogP contribution is -2.39. The van der Waals surface area contributed by atoms with E-state index in [0.29, 0.717) is 11.8 Å². The van der Waals surface area contributed by atoms with Crippen molar-refractivity contribution in [3.63, 3.8) is 0 Å². The van der Waals surface area contributed by atoms with Crippen LogP contribution in [0.25, 0.3) is 0 Å². The Labute approximate surface area is 159 Å². The molecule has 2 rings (SSSR count). The van der Waals surface area contributed by atoms with Gasteiger partial charge in [0.1, 0.15) is 0 Å². The Morgan fingerprint density at radius 3 is 2.85 bits per heavy atom. The molecule has 0 spiro atoms. The minimum atomic E-state index is 0.334. The first-order valence-corrected chi connectivity index (χ1v) is 10.7. The molecule has 1 unspecified atom stereocenters. The van der Waals surface area contributed by atoms with E-state index in [1.54, 1.807) is 0 Å². The van der Waals surface area contributed by atoms with Gasteiger partial charge in [-0.3, -0.25) is 9.79 Å². The number of hydrogen-bond acceptors (Lipinski definition) is 3. The lowest BCUT2D eigenvalue weighted by atomic mass is 10.1. The first kappa shape index (κ1) is 21.0. The zero-order valence-electron chi connectivity index (χ0n) is 16.9. The van der Waals surface area contributed by atoms with E-state index in [-0.39, 0.29) is 0 Å². The zero-order chi connectivity index (χ0) is 18.6. The number of aliphatic imine (C=N–C) groups is 1. The average molecular weight is 366 g/mol. The molecule has 150 valence electrons. The van der Waals surface area contributed by atoms with Gasteiger partial charge in [0.05, 0.1) is 0 Å². The maximum atomic E-state index is 12.0. The molecule has 26 heavy (non-hydrogen) atoms. The molecule has 0 aromatic rings. The highest BCUT2D eigenvalue weighted by Gasteiger charge is 2.21. The predicted octanol–water partition coefficient (Wildman–Crippen LogP) is 2.07. The molecule has 2 aliphatic heterocycles. The quantitative estimate of drug-likeness (QED) is 0.373. The largest absolute Gasteiger partial charge is 0.357 e. The number of nitrogens with zero attached hydrogens (tertiary/aromatic N) is 3. The maximum Gasteiger partial charge on any atom is 0.222 e. The van der Waals surface area contributed by atoms with Crippen molar-refractivity contribution in [1.29, 1.82) is 0 Å². The Bertz CT molecular complexity index is 440. The van der Waals surface area contributed by atoms with Crippen molar-refractivity contribution in [2.45, 2.75) is 58.8 Å². The normalized spacial score (nSPS) is 22.5. The molecule has 2 N–H and O–H groups in total. The summed E-state index contributed by atoms with van der Waals surface area (Å²) in [6, 6.07) is 0. The van der Waals surface area contributed by atoms with Crippen molar-refractivity contribution in [2.75, 3.05) is 52.4 Å². The first-order valence-electron chi connectivity index (χ1n) is 10.7. The molecule has 2 heterocycles. The van der Waals surface area contributed by atoms with E-state index in [4.69, 9.17) is 4.99 Å². The van der Waals surface area contributed by atoms with Gasteiger partial charge in [-0.05, 0) is 58.0 Å². The van der Waals surface area contributed by atoms with Crippen molar-refractivity contribution in [2.24, 2.45) is 10.9 Å². The van der Waals surface area contributed by atoms with Crippen LogP contribution in [0.4, 0.5) is 0 Å². The maximum absolute atomic E-state index is 12.0. The monoisotopic (exact) mass is 365 g/mol. The Morgan fingerprint density at radius 1 is 1.15 bits per heavy atom. The van der Waals surface area contributed by atoms with Crippen molar-refractivity contribution in [3.8, 4) is 0 Å². The van der Waals surface area contributed by atoms with Gasteiger partial charge in [-0.2, -0.15) is 0 Å². The topological polar surface area (TPSA) is 60.0 Å². The van der Waals surface area contributed by atoms with E-state index in [0.717, 1.165) is 64.4 Å². The Hall–Kier alpha value is -1.30. The van der Waals surface area contributed by atoms with Gasteiger partial charge in [-0.25, -0.2) is 0 Å². The molecule has 0 bridgehead atoms. The molecule has 0 aliphatic carbocycles. The summed E-state index contributed by atoms with van der Waals surface area (Å²) in [6.07, 6.45) is 7.60. The molecule has 0 aromatic heterocycles. The average Bonchev–Trinajstić information content (AvgIpc) is 2.98. The molecule has 1 amide bonds. The molecule has 0 saturated carbocycles. The molecule has 2 fully saturated rings. The fraction of sp³-hybridized carbons (Fsp3) is 0.900. The Kier molecular flexibility index (Phi) is 9.82. The van der Waals surface area contributed by atoms with Crippen LogP contribution in [0.1, 0.15) is 58.8 Å². The van der Waals surface area contributed by atoms with Crippen LogP contribution in [0.2, 0.25) is 0 Å². The second-order valence-corrected chi connectivity index (χ2v) is 7.65. The SMILES string of the molecule is CCCN1CCC(CN=C(NCC)NCCCN2CCCCCC2=O)C1. The third-order valence-corrected chi connectivity index (χ3v) is 5.33. The number of amides is 1. The van der Waals surface area contributed by atoms with E-state index >= 15 is 0 Å². The van der Waals surface area contributed by atoms with Crippen LogP contribution >= 0.6 is 0 Å². The van der Waals surface area contributed by atoms with Gasteiger partial charge in [0.2, 0.25) is 5.91 Å². The number of hydrogen-bond donors (Lipinski definition) is 2. The van der Waals surface area contributed by atoms with Crippen LogP contribution < -0.4 is 10.6 Å². The van der Waals surface area contributed by atoms with Crippen LogP contribution in [0.15, 0.2) is 4.99 Å². The second-order valence-electron chi connectivity index (χ2n) is 7.65. The van der Waals surface area contributed by atoms with Gasteiger partial charge in [-0.1, -0.05) is 13.3 Å². The standard InChI is InChI=1S/C20H39N5O/c1-3-12-24-15-10-18(17-24)16-23-20(21-4-2)22-11-8-14-25-13-7-5-6-9-19(25)26/h18H,3-17H2,1-2H3,(H2,21,22,23).